The van der Waals surface area contributed by atoms with Crippen LogP contribution in [-0.2, 0) is 15.7 Å². The lowest BCUT2D eigenvalue weighted by Crippen LogP contribution is -2.15. The zero-order chi connectivity index (χ0) is 16.8. The predicted molar refractivity (Wildman–Crippen MR) is 94.1 cm³/mol. The summed E-state index contributed by atoms with van der Waals surface area (Å²) in [5.74, 6) is 0.489. The van der Waals surface area contributed by atoms with Crippen LogP contribution in [0.1, 0.15) is 17.3 Å². The quantitative estimate of drug-likeness (QED) is 0.267. The van der Waals surface area contributed by atoms with E-state index in [9.17, 15) is 9.59 Å². The highest BCUT2D eigenvalue weighted by Crippen LogP contribution is 2.16. The first kappa shape index (κ1) is 17.0. The second kappa shape index (κ2) is 7.79. The molecule has 0 N–H and O–H groups in total. The van der Waals surface area contributed by atoms with E-state index in [1.54, 1.807) is 31.2 Å². The van der Waals surface area contributed by atoms with Gasteiger partial charge in [0.05, 0.1) is 0 Å². The lowest BCUT2D eigenvalue weighted by molar-refractivity contribution is -0.130. The van der Waals surface area contributed by atoms with Crippen molar-refractivity contribution in [3.63, 3.8) is 0 Å². The van der Waals surface area contributed by atoms with Crippen molar-refractivity contribution in [3.8, 4) is 5.75 Å². The molecule has 3 nitrogen and oxygen atoms in total. The van der Waals surface area contributed by atoms with Crippen LogP contribution in [0.4, 0.5) is 0 Å². The number of ketones is 1. The third-order valence-electron chi connectivity index (χ3n) is 3.23. The van der Waals surface area contributed by atoms with Gasteiger partial charge in [-0.3, -0.25) is 4.79 Å². The minimum Gasteiger partial charge on any atom is -0.423 e. The Balaban J connectivity index is 2.00. The minimum absolute atomic E-state index is 0.0810. The zero-order valence-electron chi connectivity index (χ0n) is 13.2. The molecule has 0 aliphatic heterocycles. The summed E-state index contributed by atoms with van der Waals surface area (Å²) in [6.45, 7) is 5.12. The third-order valence-corrected chi connectivity index (χ3v) is 5.00. The molecule has 0 aliphatic rings. The second-order valence-electron chi connectivity index (χ2n) is 5.21. The number of hydrogen-bond donors (Lipinski definition) is 0. The molecule has 0 radical (unpaired) electrons. The molecule has 4 heteroatoms. The van der Waals surface area contributed by atoms with Gasteiger partial charge in [-0.05, 0) is 43.3 Å². The summed E-state index contributed by atoms with van der Waals surface area (Å²) in [4.78, 5) is 25.0. The van der Waals surface area contributed by atoms with Crippen molar-refractivity contribution in [1.29, 1.82) is 0 Å². The minimum atomic E-state index is -0.469. The molecule has 1 unspecified atom stereocenters. The van der Waals surface area contributed by atoms with E-state index in [4.69, 9.17) is 4.74 Å². The van der Waals surface area contributed by atoms with Crippen LogP contribution in [0, 0.1) is 0 Å². The predicted octanol–water partition coefficient (Wildman–Crippen LogP) is 3.66. The molecule has 0 fully saturated rings. The molecule has 0 saturated heterocycles. The molecule has 23 heavy (non-hydrogen) atoms. The highest BCUT2D eigenvalue weighted by molar-refractivity contribution is 7.96. The number of Topliss-reactive ketones (excluding diaryl/α,β-unsaturated/α-hetero) is 1. The highest BCUT2D eigenvalue weighted by atomic mass is 32.2. The van der Waals surface area contributed by atoms with E-state index >= 15 is 0 Å². The lowest BCUT2D eigenvalue weighted by Gasteiger charge is -2.05. The third kappa shape index (κ3) is 4.83. The summed E-state index contributed by atoms with van der Waals surface area (Å²) in [7, 11) is -0.131. The van der Waals surface area contributed by atoms with Gasteiger partial charge in [-0.2, -0.15) is 0 Å². The summed E-state index contributed by atoms with van der Waals surface area (Å²) >= 11 is 0. The van der Waals surface area contributed by atoms with Crippen LogP contribution in [-0.4, -0.2) is 23.8 Å². The summed E-state index contributed by atoms with van der Waals surface area (Å²) in [6, 6.07) is 16.6. The Kier molecular flexibility index (Phi) is 5.77. The first-order valence-corrected chi connectivity index (χ1v) is 8.96. The normalized spacial score (nSPS) is 11.6. The van der Waals surface area contributed by atoms with Crippen LogP contribution >= 0.6 is 0 Å². The van der Waals surface area contributed by atoms with Crippen LogP contribution < -0.4 is 4.74 Å². The van der Waals surface area contributed by atoms with Crippen molar-refractivity contribution >= 4 is 22.6 Å². The maximum atomic E-state index is 12.4. The fourth-order valence-corrected chi connectivity index (χ4v) is 3.27. The molecule has 1 atom stereocenters. The largest absolute Gasteiger partial charge is 0.423 e. The SMILES string of the molecule is C=C(C)C(=O)Oc1ccc(C(=O)C[S+](C)c2ccccc2)cc1. The molecule has 2 aromatic carbocycles. The number of hydrogen-bond acceptors (Lipinski definition) is 3. The number of carbonyl (C=O) groups is 2. The zero-order valence-corrected chi connectivity index (χ0v) is 14.1. The Morgan fingerprint density at radius 2 is 1.65 bits per heavy atom. The topological polar surface area (TPSA) is 43.4 Å². The molecule has 118 valence electrons. The van der Waals surface area contributed by atoms with E-state index < -0.39 is 5.97 Å². The average molecular weight is 327 g/mol. The molecule has 0 saturated carbocycles. The van der Waals surface area contributed by atoms with Crippen molar-refractivity contribution in [2.45, 2.75) is 11.8 Å². The van der Waals surface area contributed by atoms with Gasteiger partial charge in [-0.1, -0.05) is 24.8 Å². The Bertz CT molecular complexity index is 705. The van der Waals surface area contributed by atoms with E-state index in [0.29, 0.717) is 22.6 Å². The summed E-state index contributed by atoms with van der Waals surface area (Å²) in [5, 5.41) is 0. The number of esters is 1. The van der Waals surface area contributed by atoms with Gasteiger partial charge in [0.2, 0.25) is 5.78 Å². The molecule has 0 heterocycles. The molecule has 0 aliphatic carbocycles. The average Bonchev–Trinajstić information content (AvgIpc) is 2.56. The van der Waals surface area contributed by atoms with Gasteiger partial charge >= 0.3 is 5.97 Å². The van der Waals surface area contributed by atoms with Crippen LogP contribution in [0.15, 0.2) is 71.6 Å². The highest BCUT2D eigenvalue weighted by Gasteiger charge is 2.21. The molecule has 2 aromatic rings. The molecule has 0 aromatic heterocycles. The second-order valence-corrected chi connectivity index (χ2v) is 7.25. The van der Waals surface area contributed by atoms with Gasteiger partial charge < -0.3 is 4.74 Å². The molecule has 0 bridgehead atoms. The fraction of sp³-hybridized carbons (Fsp3) is 0.158. The van der Waals surface area contributed by atoms with Crippen LogP contribution in [0.5, 0.6) is 5.75 Å². The first-order chi connectivity index (χ1) is 11.0. The first-order valence-electron chi connectivity index (χ1n) is 7.16. The van der Waals surface area contributed by atoms with Crippen molar-refractivity contribution in [2.24, 2.45) is 0 Å². The van der Waals surface area contributed by atoms with Crippen molar-refractivity contribution in [1.82, 2.24) is 0 Å². The van der Waals surface area contributed by atoms with Gasteiger partial charge in [-0.15, -0.1) is 0 Å². The maximum absolute atomic E-state index is 12.4. The smallest absolute Gasteiger partial charge is 0.338 e. The monoisotopic (exact) mass is 327 g/mol. The van der Waals surface area contributed by atoms with Gasteiger partial charge in [-0.25, -0.2) is 4.79 Å². The van der Waals surface area contributed by atoms with Crippen LogP contribution in [0.25, 0.3) is 0 Å². The number of ether oxygens (including phenoxy) is 1. The Labute approximate surface area is 139 Å². The molecule has 2 rings (SSSR count). The van der Waals surface area contributed by atoms with E-state index in [1.807, 2.05) is 30.3 Å². The number of carbonyl (C=O) groups excluding carboxylic acids is 2. The molecular weight excluding hydrogens is 308 g/mol. The Hall–Kier alpha value is -2.33. The summed E-state index contributed by atoms with van der Waals surface area (Å²) < 4.78 is 5.11. The standard InChI is InChI=1S/C19H19O3S/c1-14(2)19(21)22-16-11-9-15(10-12-16)18(20)13-23(3)17-7-5-4-6-8-17/h4-12H,1,13H2,2-3H3/q+1. The lowest BCUT2D eigenvalue weighted by atomic mass is 10.1. The van der Waals surface area contributed by atoms with E-state index in [0.717, 1.165) is 0 Å². The van der Waals surface area contributed by atoms with Crippen LogP contribution in [0.2, 0.25) is 0 Å². The fourth-order valence-electron chi connectivity index (χ4n) is 1.92. The summed E-state index contributed by atoms with van der Waals surface area (Å²) in [5.41, 5.74) is 0.957. The number of rotatable bonds is 6. The van der Waals surface area contributed by atoms with Crippen molar-refractivity contribution in [2.75, 3.05) is 12.0 Å². The van der Waals surface area contributed by atoms with Crippen molar-refractivity contribution in [3.05, 3.63) is 72.3 Å². The Morgan fingerprint density at radius 1 is 1.04 bits per heavy atom. The van der Waals surface area contributed by atoms with Crippen molar-refractivity contribution < 1.29 is 14.3 Å². The van der Waals surface area contributed by atoms with Gasteiger partial charge in [0, 0.05) is 22.0 Å². The van der Waals surface area contributed by atoms with Gasteiger partial charge in [0.1, 0.15) is 12.0 Å². The van der Waals surface area contributed by atoms with Gasteiger partial charge in [0.25, 0.3) is 0 Å². The van der Waals surface area contributed by atoms with Gasteiger partial charge in [0.15, 0.2) is 10.6 Å². The molecule has 0 spiro atoms. The molecule has 0 amide bonds. The van der Waals surface area contributed by atoms with E-state index in [-0.39, 0.29) is 16.7 Å². The number of benzene rings is 2. The summed E-state index contributed by atoms with van der Waals surface area (Å²) in [6.07, 6.45) is 2.07. The Morgan fingerprint density at radius 3 is 2.22 bits per heavy atom. The van der Waals surface area contributed by atoms with E-state index in [2.05, 4.69) is 12.8 Å². The maximum Gasteiger partial charge on any atom is 0.338 e. The molecular formula is C19H19O3S+. The van der Waals surface area contributed by atoms with Crippen LogP contribution in [0.3, 0.4) is 0 Å². The van der Waals surface area contributed by atoms with E-state index in [1.165, 1.54) is 4.90 Å².